The predicted octanol–water partition coefficient (Wildman–Crippen LogP) is 2.91. The maximum atomic E-state index is 13.7. The number of hydrogen-bond donors (Lipinski definition) is 1. The van der Waals surface area contributed by atoms with Crippen LogP contribution in [0.4, 0.5) is 4.39 Å². The Bertz CT molecular complexity index is 540. The first-order chi connectivity index (χ1) is 9.72. The summed E-state index contributed by atoms with van der Waals surface area (Å²) in [7, 11) is 1.65. The Morgan fingerprint density at radius 3 is 3.00 bits per heavy atom. The van der Waals surface area contributed by atoms with E-state index in [1.54, 1.807) is 19.2 Å². The minimum absolute atomic E-state index is 0.250. The Hall–Kier alpha value is -1.43. The van der Waals surface area contributed by atoms with Crippen LogP contribution in [0.3, 0.4) is 0 Å². The lowest BCUT2D eigenvalue weighted by atomic mass is 10.2. The fraction of sp³-hybridized carbons (Fsp3) is 0.357. The van der Waals surface area contributed by atoms with Gasteiger partial charge >= 0.3 is 0 Å². The molecule has 0 aliphatic heterocycles. The summed E-state index contributed by atoms with van der Waals surface area (Å²) in [5.41, 5.74) is 0.250. The second-order valence-corrected chi connectivity index (χ2v) is 4.61. The zero-order chi connectivity index (χ0) is 14.4. The van der Waals surface area contributed by atoms with E-state index in [0.29, 0.717) is 36.2 Å². The quantitative estimate of drug-likeness (QED) is 0.799. The topological polar surface area (TPSA) is 47.3 Å². The minimum atomic E-state index is -0.418. The van der Waals surface area contributed by atoms with Crippen LogP contribution in [-0.4, -0.2) is 31.8 Å². The van der Waals surface area contributed by atoms with Crippen molar-refractivity contribution >= 4 is 11.6 Å². The summed E-state index contributed by atoms with van der Waals surface area (Å²) in [5.74, 6) is 0.475. The van der Waals surface area contributed by atoms with Crippen LogP contribution in [0, 0.1) is 5.82 Å². The second-order valence-electron chi connectivity index (χ2n) is 4.21. The van der Waals surface area contributed by atoms with Gasteiger partial charge in [0.25, 0.3) is 0 Å². The first-order valence-electron chi connectivity index (χ1n) is 6.31. The summed E-state index contributed by atoms with van der Waals surface area (Å²) in [6, 6.07) is 4.52. The summed E-state index contributed by atoms with van der Waals surface area (Å²) >= 11 is 5.98. The lowest BCUT2D eigenvalue weighted by Gasteiger charge is -2.02. The Morgan fingerprint density at radius 2 is 2.25 bits per heavy atom. The van der Waals surface area contributed by atoms with Crippen molar-refractivity contribution in [1.82, 2.24) is 10.3 Å². The molecule has 0 fully saturated rings. The average molecular weight is 299 g/mol. The Morgan fingerprint density at radius 1 is 1.40 bits per heavy atom. The Balaban J connectivity index is 1.98. The standard InChI is InChI=1S/C14H16ClFN2O2/c1-19-8-7-17-6-5-13-18-9-12(20-13)14-10(15)3-2-4-11(14)16/h2-4,9,17H,5-8H2,1H3. The number of rotatable bonds is 7. The van der Waals surface area contributed by atoms with E-state index in [-0.39, 0.29) is 5.56 Å². The van der Waals surface area contributed by atoms with Crippen LogP contribution in [0.15, 0.2) is 28.8 Å². The monoisotopic (exact) mass is 298 g/mol. The van der Waals surface area contributed by atoms with E-state index in [2.05, 4.69) is 10.3 Å². The zero-order valence-corrected chi connectivity index (χ0v) is 11.9. The SMILES string of the molecule is COCCNCCc1ncc(-c2c(F)cccc2Cl)o1. The highest BCUT2D eigenvalue weighted by Gasteiger charge is 2.14. The molecule has 0 saturated carbocycles. The van der Waals surface area contributed by atoms with Crippen molar-refractivity contribution in [2.24, 2.45) is 0 Å². The maximum Gasteiger partial charge on any atom is 0.196 e. The van der Waals surface area contributed by atoms with Gasteiger partial charge in [-0.15, -0.1) is 0 Å². The average Bonchev–Trinajstić information content (AvgIpc) is 2.87. The summed E-state index contributed by atoms with van der Waals surface area (Å²) in [6.07, 6.45) is 2.12. The van der Waals surface area contributed by atoms with Crippen LogP contribution in [-0.2, 0) is 11.2 Å². The van der Waals surface area contributed by atoms with Crippen LogP contribution in [0.2, 0.25) is 5.02 Å². The summed E-state index contributed by atoms with van der Waals surface area (Å²) < 4.78 is 24.2. The van der Waals surface area contributed by atoms with Crippen molar-refractivity contribution in [3.8, 4) is 11.3 Å². The molecule has 0 aliphatic carbocycles. The van der Waals surface area contributed by atoms with Gasteiger partial charge in [0, 0.05) is 26.6 Å². The predicted molar refractivity (Wildman–Crippen MR) is 75.4 cm³/mol. The number of aromatic nitrogens is 1. The van der Waals surface area contributed by atoms with Gasteiger partial charge in [0.05, 0.1) is 23.4 Å². The van der Waals surface area contributed by atoms with E-state index in [1.807, 2.05) is 0 Å². The first kappa shape index (κ1) is 15.0. The van der Waals surface area contributed by atoms with E-state index in [1.165, 1.54) is 12.3 Å². The number of nitrogens with zero attached hydrogens (tertiary/aromatic N) is 1. The first-order valence-corrected chi connectivity index (χ1v) is 6.69. The molecule has 108 valence electrons. The highest BCUT2D eigenvalue weighted by atomic mass is 35.5. The number of hydrogen-bond acceptors (Lipinski definition) is 4. The molecular weight excluding hydrogens is 283 g/mol. The largest absolute Gasteiger partial charge is 0.441 e. The fourth-order valence-electron chi connectivity index (χ4n) is 1.77. The van der Waals surface area contributed by atoms with Gasteiger partial charge in [-0.1, -0.05) is 17.7 Å². The van der Waals surface area contributed by atoms with Crippen molar-refractivity contribution in [2.75, 3.05) is 26.8 Å². The van der Waals surface area contributed by atoms with Crippen LogP contribution in [0.5, 0.6) is 0 Å². The van der Waals surface area contributed by atoms with Crippen molar-refractivity contribution in [3.05, 3.63) is 41.1 Å². The number of nitrogens with one attached hydrogen (secondary N) is 1. The Labute approximate surface area is 121 Å². The number of methoxy groups -OCH3 is 1. The molecule has 0 atom stereocenters. The fourth-order valence-corrected chi connectivity index (χ4v) is 2.03. The van der Waals surface area contributed by atoms with Crippen molar-refractivity contribution < 1.29 is 13.5 Å². The van der Waals surface area contributed by atoms with Gasteiger partial charge in [0.2, 0.25) is 0 Å². The molecule has 4 nitrogen and oxygen atoms in total. The highest BCUT2D eigenvalue weighted by Crippen LogP contribution is 2.30. The number of benzene rings is 1. The third kappa shape index (κ3) is 3.79. The summed E-state index contributed by atoms with van der Waals surface area (Å²) in [5, 5.41) is 3.49. The van der Waals surface area contributed by atoms with Gasteiger partial charge in [0.15, 0.2) is 11.7 Å². The third-order valence-electron chi connectivity index (χ3n) is 2.76. The van der Waals surface area contributed by atoms with Gasteiger partial charge in [-0.05, 0) is 12.1 Å². The van der Waals surface area contributed by atoms with Crippen molar-refractivity contribution in [2.45, 2.75) is 6.42 Å². The van der Waals surface area contributed by atoms with Crippen molar-refractivity contribution in [3.63, 3.8) is 0 Å². The highest BCUT2D eigenvalue weighted by molar-refractivity contribution is 6.33. The van der Waals surface area contributed by atoms with E-state index < -0.39 is 5.82 Å². The minimum Gasteiger partial charge on any atom is -0.441 e. The molecule has 0 radical (unpaired) electrons. The molecule has 6 heteroatoms. The molecule has 0 bridgehead atoms. The van der Waals surface area contributed by atoms with Gasteiger partial charge < -0.3 is 14.5 Å². The molecule has 2 rings (SSSR count). The van der Waals surface area contributed by atoms with E-state index in [0.717, 1.165) is 6.54 Å². The van der Waals surface area contributed by atoms with E-state index in [4.69, 9.17) is 20.8 Å². The lowest BCUT2D eigenvalue weighted by Crippen LogP contribution is -2.21. The normalized spacial score (nSPS) is 10.9. The molecule has 0 spiro atoms. The summed E-state index contributed by atoms with van der Waals surface area (Å²) in [6.45, 7) is 2.14. The van der Waals surface area contributed by atoms with Crippen LogP contribution in [0.1, 0.15) is 5.89 Å². The smallest absolute Gasteiger partial charge is 0.196 e. The molecular formula is C14H16ClFN2O2. The molecule has 1 N–H and O–H groups in total. The second kappa shape index (κ2) is 7.38. The van der Waals surface area contributed by atoms with Gasteiger partial charge in [-0.25, -0.2) is 9.37 Å². The molecule has 1 aromatic carbocycles. The van der Waals surface area contributed by atoms with Gasteiger partial charge in [-0.3, -0.25) is 0 Å². The van der Waals surface area contributed by atoms with Gasteiger partial charge in [0.1, 0.15) is 5.82 Å². The Kier molecular flexibility index (Phi) is 5.52. The number of halogens is 2. The zero-order valence-electron chi connectivity index (χ0n) is 11.2. The molecule has 0 aliphatic rings. The van der Waals surface area contributed by atoms with Crippen molar-refractivity contribution in [1.29, 1.82) is 0 Å². The maximum absolute atomic E-state index is 13.7. The summed E-state index contributed by atoms with van der Waals surface area (Å²) in [4.78, 5) is 4.13. The number of ether oxygens (including phenoxy) is 1. The molecule has 20 heavy (non-hydrogen) atoms. The van der Waals surface area contributed by atoms with E-state index >= 15 is 0 Å². The molecule has 1 heterocycles. The van der Waals surface area contributed by atoms with Crippen LogP contribution < -0.4 is 5.32 Å². The molecule has 2 aromatic rings. The van der Waals surface area contributed by atoms with E-state index in [9.17, 15) is 4.39 Å². The van der Waals surface area contributed by atoms with Gasteiger partial charge in [-0.2, -0.15) is 0 Å². The third-order valence-corrected chi connectivity index (χ3v) is 3.08. The van der Waals surface area contributed by atoms with Crippen LogP contribution >= 0.6 is 11.6 Å². The molecule has 0 unspecified atom stereocenters. The number of oxazole rings is 1. The van der Waals surface area contributed by atoms with Crippen LogP contribution in [0.25, 0.3) is 11.3 Å². The molecule has 1 aromatic heterocycles. The lowest BCUT2D eigenvalue weighted by molar-refractivity contribution is 0.199. The molecule has 0 saturated heterocycles. The molecule has 0 amide bonds.